The standard InChI is InChI=1S/C14H11BrN4S/c1-9-5-4-7-11(12(9)15)19-13(17-18-14(19)20)10-6-2-3-8-16-10/h2-8H,1H3,(H,18,20). The highest BCUT2D eigenvalue weighted by Gasteiger charge is 2.14. The van der Waals surface area contributed by atoms with E-state index in [-0.39, 0.29) is 0 Å². The Morgan fingerprint density at radius 1 is 1.20 bits per heavy atom. The number of aromatic nitrogens is 4. The molecule has 0 bridgehead atoms. The number of hydrogen-bond donors (Lipinski definition) is 1. The number of aryl methyl sites for hydroxylation is 1. The van der Waals surface area contributed by atoms with E-state index < -0.39 is 0 Å². The second-order valence-corrected chi connectivity index (χ2v) is 5.49. The molecule has 4 nitrogen and oxygen atoms in total. The molecular weight excluding hydrogens is 336 g/mol. The van der Waals surface area contributed by atoms with Gasteiger partial charge >= 0.3 is 0 Å². The SMILES string of the molecule is Cc1cccc(-n2c(-c3ccccn3)n[nH]c2=S)c1Br. The summed E-state index contributed by atoms with van der Waals surface area (Å²) in [6.45, 7) is 2.04. The molecule has 0 spiro atoms. The Balaban J connectivity index is 2.28. The summed E-state index contributed by atoms with van der Waals surface area (Å²) >= 11 is 8.97. The first kappa shape index (κ1) is 13.2. The van der Waals surface area contributed by atoms with Crippen LogP contribution in [0.5, 0.6) is 0 Å². The summed E-state index contributed by atoms with van der Waals surface area (Å²) in [5.74, 6) is 0.696. The first-order valence-corrected chi connectivity index (χ1v) is 7.23. The van der Waals surface area contributed by atoms with Gasteiger partial charge in [-0.05, 0) is 58.8 Å². The van der Waals surface area contributed by atoms with E-state index in [0.29, 0.717) is 10.6 Å². The minimum Gasteiger partial charge on any atom is -0.266 e. The summed E-state index contributed by atoms with van der Waals surface area (Å²) in [7, 11) is 0. The average molecular weight is 347 g/mol. The number of aromatic amines is 1. The van der Waals surface area contributed by atoms with Crippen molar-refractivity contribution in [3.63, 3.8) is 0 Å². The van der Waals surface area contributed by atoms with Gasteiger partial charge in [-0.25, -0.2) is 0 Å². The van der Waals surface area contributed by atoms with Crippen LogP contribution in [0.1, 0.15) is 5.56 Å². The highest BCUT2D eigenvalue weighted by Crippen LogP contribution is 2.28. The topological polar surface area (TPSA) is 46.5 Å². The van der Waals surface area contributed by atoms with Crippen LogP contribution < -0.4 is 0 Å². The number of nitrogens with one attached hydrogen (secondary N) is 1. The van der Waals surface area contributed by atoms with Gasteiger partial charge < -0.3 is 0 Å². The van der Waals surface area contributed by atoms with Crippen LogP contribution in [-0.2, 0) is 0 Å². The Kier molecular flexibility index (Phi) is 3.50. The molecule has 20 heavy (non-hydrogen) atoms. The molecule has 0 fully saturated rings. The maximum atomic E-state index is 5.35. The third-order valence-corrected chi connectivity index (χ3v) is 4.28. The fourth-order valence-electron chi connectivity index (χ4n) is 1.99. The molecule has 3 aromatic rings. The Morgan fingerprint density at radius 2 is 2.05 bits per heavy atom. The van der Waals surface area contributed by atoms with Crippen LogP contribution in [-0.4, -0.2) is 19.7 Å². The lowest BCUT2D eigenvalue weighted by Gasteiger charge is -2.10. The van der Waals surface area contributed by atoms with Gasteiger partial charge in [0.25, 0.3) is 0 Å². The molecule has 0 saturated carbocycles. The van der Waals surface area contributed by atoms with E-state index in [1.54, 1.807) is 6.20 Å². The highest BCUT2D eigenvalue weighted by atomic mass is 79.9. The molecule has 6 heteroatoms. The first-order valence-electron chi connectivity index (χ1n) is 6.03. The molecule has 3 rings (SSSR count). The summed E-state index contributed by atoms with van der Waals surface area (Å²) in [4.78, 5) is 4.34. The largest absolute Gasteiger partial charge is 0.266 e. The fourth-order valence-corrected chi connectivity index (χ4v) is 2.66. The lowest BCUT2D eigenvalue weighted by Crippen LogP contribution is -2.00. The average Bonchev–Trinajstić information content (AvgIpc) is 2.85. The van der Waals surface area contributed by atoms with Crippen LogP contribution in [0.25, 0.3) is 17.2 Å². The summed E-state index contributed by atoms with van der Waals surface area (Å²) in [5, 5.41) is 7.13. The predicted molar refractivity (Wildman–Crippen MR) is 84.4 cm³/mol. The van der Waals surface area contributed by atoms with Gasteiger partial charge in [0.05, 0.1) is 5.69 Å². The van der Waals surface area contributed by atoms with Crippen LogP contribution in [0.4, 0.5) is 0 Å². The van der Waals surface area contributed by atoms with Gasteiger partial charge in [-0.15, -0.1) is 0 Å². The minimum atomic E-state index is 0.539. The van der Waals surface area contributed by atoms with Gasteiger partial charge in [-0.2, -0.15) is 5.10 Å². The number of benzene rings is 1. The van der Waals surface area contributed by atoms with Crippen LogP contribution in [0, 0.1) is 11.7 Å². The van der Waals surface area contributed by atoms with Crippen molar-refractivity contribution in [3.8, 4) is 17.2 Å². The predicted octanol–water partition coefficient (Wildman–Crippen LogP) is 4.06. The van der Waals surface area contributed by atoms with Crippen molar-refractivity contribution in [1.82, 2.24) is 19.7 Å². The number of nitrogens with zero attached hydrogens (tertiary/aromatic N) is 3. The molecule has 1 N–H and O–H groups in total. The molecule has 2 aromatic heterocycles. The quantitative estimate of drug-likeness (QED) is 0.711. The molecule has 1 aromatic carbocycles. The summed E-state index contributed by atoms with van der Waals surface area (Å²) < 4.78 is 3.42. The van der Waals surface area contributed by atoms with Crippen molar-refractivity contribution in [3.05, 3.63) is 57.4 Å². The van der Waals surface area contributed by atoms with Crippen molar-refractivity contribution in [1.29, 1.82) is 0 Å². The highest BCUT2D eigenvalue weighted by molar-refractivity contribution is 9.10. The second kappa shape index (κ2) is 5.30. The van der Waals surface area contributed by atoms with Gasteiger partial charge in [0.1, 0.15) is 5.69 Å². The van der Waals surface area contributed by atoms with Crippen molar-refractivity contribution in [2.24, 2.45) is 0 Å². The number of halogens is 1. The molecule has 2 heterocycles. The lowest BCUT2D eigenvalue weighted by molar-refractivity contribution is 1.02. The van der Waals surface area contributed by atoms with Crippen LogP contribution in [0.15, 0.2) is 47.1 Å². The lowest BCUT2D eigenvalue weighted by atomic mass is 10.2. The zero-order valence-corrected chi connectivity index (χ0v) is 13.1. The summed E-state index contributed by atoms with van der Waals surface area (Å²) in [6, 6.07) is 11.7. The molecule has 0 radical (unpaired) electrons. The third kappa shape index (κ3) is 2.21. The van der Waals surface area contributed by atoms with E-state index in [0.717, 1.165) is 21.4 Å². The monoisotopic (exact) mass is 346 g/mol. The Morgan fingerprint density at radius 3 is 2.80 bits per heavy atom. The zero-order valence-electron chi connectivity index (χ0n) is 10.7. The number of hydrogen-bond acceptors (Lipinski definition) is 3. The van der Waals surface area contributed by atoms with Gasteiger partial charge in [0, 0.05) is 10.7 Å². The zero-order chi connectivity index (χ0) is 14.1. The van der Waals surface area contributed by atoms with Gasteiger partial charge in [0.2, 0.25) is 0 Å². The molecule has 100 valence electrons. The second-order valence-electron chi connectivity index (χ2n) is 4.31. The number of rotatable bonds is 2. The summed E-state index contributed by atoms with van der Waals surface area (Å²) in [6.07, 6.45) is 1.74. The molecule has 0 amide bonds. The molecule has 0 unspecified atom stereocenters. The van der Waals surface area contributed by atoms with E-state index in [1.807, 2.05) is 47.9 Å². The van der Waals surface area contributed by atoms with Crippen LogP contribution >= 0.6 is 28.1 Å². The molecule has 0 saturated heterocycles. The van der Waals surface area contributed by atoms with E-state index in [1.165, 1.54) is 0 Å². The van der Waals surface area contributed by atoms with Crippen LogP contribution in [0.3, 0.4) is 0 Å². The Hall–Kier alpha value is -1.79. The van der Waals surface area contributed by atoms with Crippen molar-refractivity contribution in [2.75, 3.05) is 0 Å². The normalized spacial score (nSPS) is 10.7. The van der Waals surface area contributed by atoms with E-state index >= 15 is 0 Å². The van der Waals surface area contributed by atoms with Gasteiger partial charge in [-0.1, -0.05) is 18.2 Å². The maximum absolute atomic E-state index is 5.35. The van der Waals surface area contributed by atoms with E-state index in [9.17, 15) is 0 Å². The molecule has 0 aliphatic carbocycles. The Labute approximate surface area is 129 Å². The van der Waals surface area contributed by atoms with Gasteiger partial charge in [0.15, 0.2) is 10.6 Å². The summed E-state index contributed by atoms with van der Waals surface area (Å²) in [5.41, 5.74) is 2.86. The first-order chi connectivity index (χ1) is 9.68. The third-order valence-electron chi connectivity index (χ3n) is 2.98. The molecular formula is C14H11BrN4S. The molecule has 0 aliphatic heterocycles. The fraction of sp³-hybridized carbons (Fsp3) is 0.0714. The van der Waals surface area contributed by atoms with Crippen molar-refractivity contribution < 1.29 is 0 Å². The van der Waals surface area contributed by atoms with E-state index in [4.69, 9.17) is 12.2 Å². The van der Waals surface area contributed by atoms with E-state index in [2.05, 4.69) is 31.1 Å². The smallest absolute Gasteiger partial charge is 0.200 e. The molecule has 0 aliphatic rings. The molecule has 0 atom stereocenters. The number of pyridine rings is 1. The van der Waals surface area contributed by atoms with Crippen molar-refractivity contribution in [2.45, 2.75) is 6.92 Å². The number of H-pyrrole nitrogens is 1. The maximum Gasteiger partial charge on any atom is 0.200 e. The minimum absolute atomic E-state index is 0.539. The Bertz CT molecular complexity index is 808. The van der Waals surface area contributed by atoms with Gasteiger partial charge in [-0.3, -0.25) is 14.6 Å². The van der Waals surface area contributed by atoms with Crippen LogP contribution in [0.2, 0.25) is 0 Å². The van der Waals surface area contributed by atoms with Crippen molar-refractivity contribution >= 4 is 28.1 Å².